The SMILES string of the molecule is C[Si](C)(C)c1ccc(-c2[c-]cccc2)nc1.[2H]C([2H])(c1ccc2ccccc2c1)c1cc(-c2[c-]c3ccccc3c3c2sc2c4ccc(C)cc4ccc23)ncc1F.[Ir]. The van der Waals surface area contributed by atoms with Crippen LogP contribution in [-0.4, -0.2) is 18.0 Å². The van der Waals surface area contributed by atoms with Crippen molar-refractivity contribution in [1.82, 2.24) is 9.97 Å². The zero-order valence-corrected chi connectivity index (χ0v) is 36.2. The molecule has 0 aliphatic rings. The molecule has 7 aromatic carbocycles. The molecule has 0 amide bonds. The predicted octanol–water partition coefficient (Wildman–Crippen LogP) is 13.5. The molecule has 2 nitrogen and oxygen atoms in total. The Labute approximate surface area is 354 Å². The maximum atomic E-state index is 15.4. The van der Waals surface area contributed by atoms with Crippen LogP contribution in [0.15, 0.2) is 152 Å². The molecule has 0 aliphatic carbocycles. The third kappa shape index (κ3) is 7.71. The molecule has 3 heterocycles. The summed E-state index contributed by atoms with van der Waals surface area (Å²) in [6, 6.07) is 52.8. The molecule has 0 aliphatic heterocycles. The van der Waals surface area contributed by atoms with Crippen molar-refractivity contribution in [3.63, 3.8) is 0 Å². The minimum absolute atomic E-state index is 0. The average Bonchev–Trinajstić information content (AvgIpc) is 3.64. The predicted molar refractivity (Wildman–Crippen MR) is 239 cm³/mol. The Hall–Kier alpha value is -5.36. The second-order valence-corrected chi connectivity index (χ2v) is 21.3. The largest absolute Gasteiger partial charge is 0.305 e. The van der Waals surface area contributed by atoms with Gasteiger partial charge >= 0.3 is 0 Å². The summed E-state index contributed by atoms with van der Waals surface area (Å²) in [6.07, 6.45) is 1.09. The van der Waals surface area contributed by atoms with Crippen molar-refractivity contribution in [2.45, 2.75) is 32.9 Å². The van der Waals surface area contributed by atoms with E-state index in [-0.39, 0.29) is 25.7 Å². The minimum atomic E-state index is -2.07. The molecule has 0 atom stereocenters. The van der Waals surface area contributed by atoms with Gasteiger partial charge in [-0.15, -0.1) is 53.4 Å². The molecule has 0 saturated carbocycles. The van der Waals surface area contributed by atoms with Gasteiger partial charge in [-0.2, -0.15) is 11.3 Å². The third-order valence-corrected chi connectivity index (χ3v) is 13.5. The van der Waals surface area contributed by atoms with Crippen molar-refractivity contribution >= 4 is 77.1 Å². The van der Waals surface area contributed by atoms with Crippen molar-refractivity contribution in [2.24, 2.45) is 0 Å². The number of hydrogen-bond acceptors (Lipinski definition) is 3. The van der Waals surface area contributed by atoms with Gasteiger partial charge in [0.15, 0.2) is 0 Å². The second kappa shape index (κ2) is 15.9. The number of thiophene rings is 1. The Bertz CT molecular complexity index is 3160. The summed E-state index contributed by atoms with van der Waals surface area (Å²) in [5.41, 5.74) is 4.88. The molecule has 6 heteroatoms. The van der Waals surface area contributed by atoms with Gasteiger partial charge in [0.1, 0.15) is 5.82 Å². The molecular formula is C51H39FIrN2SSi-2. The molecule has 0 spiro atoms. The number of aryl methyl sites for hydroxylation is 1. The molecule has 281 valence electrons. The summed E-state index contributed by atoms with van der Waals surface area (Å²) >= 11 is 1.69. The van der Waals surface area contributed by atoms with Crippen LogP contribution in [0.25, 0.3) is 75.0 Å². The Kier molecular flexibility index (Phi) is 10.0. The van der Waals surface area contributed by atoms with Gasteiger partial charge in [-0.05, 0) is 66.9 Å². The fourth-order valence-corrected chi connectivity index (χ4v) is 9.67. The number of rotatable bonds is 5. The number of nitrogens with zero attached hydrogens (tertiary/aromatic N) is 2. The number of benzene rings is 7. The molecule has 0 unspecified atom stereocenters. The zero-order valence-electron chi connectivity index (χ0n) is 33.9. The van der Waals surface area contributed by atoms with Crippen molar-refractivity contribution in [3.8, 4) is 22.5 Å². The summed E-state index contributed by atoms with van der Waals surface area (Å²) in [4.78, 5) is 9.02. The summed E-state index contributed by atoms with van der Waals surface area (Å²) in [5.74, 6) is -0.674. The molecule has 0 N–H and O–H groups in total. The Morgan fingerprint density at radius 3 is 2.23 bits per heavy atom. The van der Waals surface area contributed by atoms with Crippen molar-refractivity contribution in [2.75, 3.05) is 0 Å². The molecule has 3 aromatic heterocycles. The van der Waals surface area contributed by atoms with Crippen molar-refractivity contribution < 1.29 is 27.2 Å². The van der Waals surface area contributed by atoms with Crippen LogP contribution in [0.1, 0.15) is 19.4 Å². The van der Waals surface area contributed by atoms with Crippen molar-refractivity contribution in [3.05, 3.63) is 187 Å². The normalized spacial score (nSPS) is 12.3. The summed E-state index contributed by atoms with van der Waals surface area (Å²) < 4.78 is 35.7. The van der Waals surface area contributed by atoms with Gasteiger partial charge in [-0.1, -0.05) is 151 Å². The summed E-state index contributed by atoms with van der Waals surface area (Å²) in [7, 11) is -1.23. The standard InChI is InChI=1S/C37H23FNS.C14H16NSi.Ir/c1-22-10-14-30-27(16-22)13-15-31-35-29-9-5-4-8-26(29)19-32(37(35)40-36(30)31)34-20-28(33(38)21-39-34)18-23-11-12-24-6-2-3-7-25(24)17-23;1-16(2,3)13-9-10-14(15-11-13)12-7-5-4-6-8-12;/h2-17,20-21H,18H2,1H3;4-7,9-11H,1-3H3;/q2*-1;/i18D2;;. The molecule has 0 bridgehead atoms. The van der Waals surface area contributed by atoms with E-state index in [9.17, 15) is 0 Å². The first-order valence-corrected chi connectivity index (χ1v) is 23.1. The van der Waals surface area contributed by atoms with E-state index in [0.29, 0.717) is 11.3 Å². The first-order valence-electron chi connectivity index (χ1n) is 19.7. The zero-order chi connectivity index (χ0) is 40.2. The quantitative estimate of drug-likeness (QED) is 0.127. The van der Waals surface area contributed by atoms with Gasteiger partial charge in [0.25, 0.3) is 0 Å². The minimum Gasteiger partial charge on any atom is -0.305 e. The smallest absolute Gasteiger partial charge is 0.143 e. The fourth-order valence-electron chi connectivity index (χ4n) is 7.27. The van der Waals surface area contributed by atoms with E-state index in [1.807, 2.05) is 79.0 Å². The maximum Gasteiger partial charge on any atom is 0.143 e. The topological polar surface area (TPSA) is 25.8 Å². The third-order valence-electron chi connectivity index (χ3n) is 10.3. The van der Waals surface area contributed by atoms with Crippen LogP contribution in [0.2, 0.25) is 19.6 Å². The fraction of sp³-hybridized carbons (Fsp3) is 0.0980. The molecule has 1 radical (unpaired) electrons. The van der Waals surface area contributed by atoms with Crippen LogP contribution in [0.3, 0.4) is 0 Å². The Balaban J connectivity index is 0.000000240. The van der Waals surface area contributed by atoms with E-state index in [2.05, 4.69) is 97.2 Å². The number of fused-ring (bicyclic) bond motifs is 8. The Morgan fingerprint density at radius 2 is 1.44 bits per heavy atom. The van der Waals surface area contributed by atoms with Crippen LogP contribution in [-0.2, 0) is 26.5 Å². The van der Waals surface area contributed by atoms with E-state index in [1.54, 1.807) is 29.5 Å². The molecule has 0 fully saturated rings. The van der Waals surface area contributed by atoms with Crippen LogP contribution < -0.4 is 5.19 Å². The van der Waals surface area contributed by atoms with E-state index in [0.717, 1.165) is 60.0 Å². The maximum absolute atomic E-state index is 15.4. The number of aromatic nitrogens is 2. The van der Waals surface area contributed by atoms with Crippen molar-refractivity contribution in [1.29, 1.82) is 0 Å². The number of pyridine rings is 2. The van der Waals surface area contributed by atoms with Gasteiger partial charge in [-0.25, -0.2) is 4.39 Å². The van der Waals surface area contributed by atoms with E-state index in [4.69, 9.17) is 2.74 Å². The van der Waals surface area contributed by atoms with Gasteiger partial charge in [-0.3, -0.25) is 4.98 Å². The van der Waals surface area contributed by atoms with E-state index >= 15 is 4.39 Å². The molecular weight excluding hydrogens is 912 g/mol. The number of halogens is 1. The molecule has 0 saturated heterocycles. The summed E-state index contributed by atoms with van der Waals surface area (Å²) in [6.45, 7) is 9.10. The first-order chi connectivity index (χ1) is 28.0. The van der Waals surface area contributed by atoms with Gasteiger partial charge in [0, 0.05) is 39.4 Å². The molecule has 57 heavy (non-hydrogen) atoms. The van der Waals surface area contributed by atoms with E-state index < -0.39 is 20.3 Å². The average molecular weight is 953 g/mol. The molecule has 10 aromatic rings. The monoisotopic (exact) mass is 953 g/mol. The van der Waals surface area contributed by atoms with Crippen LogP contribution in [0.4, 0.5) is 4.39 Å². The van der Waals surface area contributed by atoms with Crippen LogP contribution >= 0.6 is 11.3 Å². The number of hydrogen-bond donors (Lipinski definition) is 0. The summed E-state index contributed by atoms with van der Waals surface area (Å²) in [5, 5.41) is 10.0. The van der Waals surface area contributed by atoms with Crippen LogP contribution in [0.5, 0.6) is 0 Å². The Morgan fingerprint density at radius 1 is 0.684 bits per heavy atom. The van der Waals surface area contributed by atoms with Crippen LogP contribution in [0, 0.1) is 24.9 Å². The van der Waals surface area contributed by atoms with Gasteiger partial charge in [0.2, 0.25) is 0 Å². The van der Waals surface area contributed by atoms with E-state index in [1.165, 1.54) is 26.2 Å². The van der Waals surface area contributed by atoms with Gasteiger partial charge in [0.05, 0.1) is 14.3 Å². The first kappa shape index (κ1) is 36.0. The molecule has 10 rings (SSSR count). The van der Waals surface area contributed by atoms with Gasteiger partial charge < -0.3 is 4.98 Å². The second-order valence-electron chi connectivity index (χ2n) is 15.2.